The first kappa shape index (κ1) is 16.0. The molecule has 4 rings (SSSR count). The highest BCUT2D eigenvalue weighted by Crippen LogP contribution is 2.25. The summed E-state index contributed by atoms with van der Waals surface area (Å²) in [5.41, 5.74) is 3.12. The first-order valence-electron chi connectivity index (χ1n) is 8.37. The molecule has 0 fully saturated rings. The number of benzene rings is 2. The molecule has 0 aliphatic carbocycles. The predicted molar refractivity (Wildman–Crippen MR) is 101 cm³/mol. The van der Waals surface area contributed by atoms with Gasteiger partial charge in [0.25, 0.3) is 0 Å². The van der Waals surface area contributed by atoms with Gasteiger partial charge in [0, 0.05) is 23.5 Å². The maximum Gasteiger partial charge on any atom is 0.181 e. The van der Waals surface area contributed by atoms with Crippen LogP contribution in [0.1, 0.15) is 5.56 Å². The first-order chi connectivity index (χ1) is 12.8. The molecule has 0 amide bonds. The monoisotopic (exact) mass is 342 g/mol. The molecular formula is C21H18N4O. The minimum absolute atomic E-state index is 0.629. The largest absolute Gasteiger partial charge is 0.497 e. The van der Waals surface area contributed by atoms with Crippen molar-refractivity contribution in [3.63, 3.8) is 0 Å². The van der Waals surface area contributed by atoms with Crippen LogP contribution in [0.3, 0.4) is 0 Å². The van der Waals surface area contributed by atoms with E-state index in [1.807, 2.05) is 71.4 Å². The normalized spacial score (nSPS) is 10.7. The van der Waals surface area contributed by atoms with Crippen LogP contribution in [0.5, 0.6) is 5.75 Å². The Balaban J connectivity index is 1.78. The fraction of sp³-hybridized carbons (Fsp3) is 0.0952. The summed E-state index contributed by atoms with van der Waals surface area (Å²) in [6.07, 6.45) is 3.58. The summed E-state index contributed by atoms with van der Waals surface area (Å²) in [5, 5.41) is 4.75. The van der Waals surface area contributed by atoms with E-state index >= 15 is 0 Å². The molecule has 0 aliphatic heterocycles. The number of hydrogen-bond acceptors (Lipinski definition) is 4. The van der Waals surface area contributed by atoms with E-state index in [0.717, 1.165) is 28.3 Å². The van der Waals surface area contributed by atoms with Gasteiger partial charge in [0.15, 0.2) is 11.6 Å². The maximum atomic E-state index is 5.26. The lowest BCUT2D eigenvalue weighted by Gasteiger charge is -2.07. The summed E-state index contributed by atoms with van der Waals surface area (Å²) in [6.45, 7) is 0.629. The second-order valence-corrected chi connectivity index (χ2v) is 5.87. The molecule has 0 saturated carbocycles. The minimum atomic E-state index is 0.629. The number of pyridine rings is 1. The van der Waals surface area contributed by atoms with Gasteiger partial charge < -0.3 is 4.74 Å². The Morgan fingerprint density at radius 3 is 2.27 bits per heavy atom. The average Bonchev–Trinajstić information content (AvgIpc) is 3.13. The van der Waals surface area contributed by atoms with E-state index in [2.05, 4.69) is 4.98 Å². The van der Waals surface area contributed by atoms with Crippen LogP contribution in [-0.4, -0.2) is 26.9 Å². The summed E-state index contributed by atoms with van der Waals surface area (Å²) in [6, 6.07) is 21.9. The zero-order chi connectivity index (χ0) is 17.8. The molecule has 2 heterocycles. The van der Waals surface area contributed by atoms with E-state index in [0.29, 0.717) is 12.4 Å². The van der Waals surface area contributed by atoms with Crippen molar-refractivity contribution in [3.05, 3.63) is 84.7 Å². The highest BCUT2D eigenvalue weighted by atomic mass is 16.5. The van der Waals surface area contributed by atoms with E-state index in [4.69, 9.17) is 14.8 Å². The van der Waals surface area contributed by atoms with Gasteiger partial charge in [0.05, 0.1) is 13.7 Å². The Morgan fingerprint density at radius 2 is 1.58 bits per heavy atom. The molecular weight excluding hydrogens is 324 g/mol. The number of ether oxygens (including phenoxy) is 1. The quantitative estimate of drug-likeness (QED) is 0.549. The molecule has 5 heteroatoms. The third-order valence-corrected chi connectivity index (χ3v) is 4.13. The molecule has 128 valence electrons. The molecule has 0 atom stereocenters. The van der Waals surface area contributed by atoms with Gasteiger partial charge >= 0.3 is 0 Å². The van der Waals surface area contributed by atoms with Gasteiger partial charge in [-0.2, -0.15) is 5.10 Å². The second-order valence-electron chi connectivity index (χ2n) is 5.87. The molecule has 0 saturated heterocycles. The fourth-order valence-electron chi connectivity index (χ4n) is 2.78. The second kappa shape index (κ2) is 7.19. The number of rotatable bonds is 5. The number of nitrogens with zero attached hydrogens (tertiary/aromatic N) is 4. The van der Waals surface area contributed by atoms with Crippen molar-refractivity contribution in [2.75, 3.05) is 7.11 Å². The molecule has 0 spiro atoms. The van der Waals surface area contributed by atoms with Crippen molar-refractivity contribution < 1.29 is 4.74 Å². The van der Waals surface area contributed by atoms with E-state index in [-0.39, 0.29) is 0 Å². The molecule has 0 radical (unpaired) electrons. The van der Waals surface area contributed by atoms with Crippen molar-refractivity contribution in [2.45, 2.75) is 6.54 Å². The summed E-state index contributed by atoms with van der Waals surface area (Å²) >= 11 is 0. The van der Waals surface area contributed by atoms with E-state index in [1.165, 1.54) is 0 Å². The van der Waals surface area contributed by atoms with Crippen molar-refractivity contribution in [3.8, 4) is 28.5 Å². The predicted octanol–water partition coefficient (Wildman–Crippen LogP) is 4.06. The lowest BCUT2D eigenvalue weighted by Crippen LogP contribution is -2.04. The Labute approximate surface area is 151 Å². The Kier molecular flexibility index (Phi) is 4.43. The smallest absolute Gasteiger partial charge is 0.181 e. The molecule has 0 bridgehead atoms. The Hall–Kier alpha value is -3.47. The van der Waals surface area contributed by atoms with Crippen LogP contribution in [0.25, 0.3) is 22.8 Å². The molecule has 2 aromatic heterocycles. The topological polar surface area (TPSA) is 52.8 Å². The maximum absolute atomic E-state index is 5.26. The lowest BCUT2D eigenvalue weighted by atomic mass is 10.2. The molecule has 0 aliphatic rings. The first-order valence-corrected chi connectivity index (χ1v) is 8.37. The Bertz CT molecular complexity index is 980. The van der Waals surface area contributed by atoms with Crippen molar-refractivity contribution in [1.82, 2.24) is 19.7 Å². The van der Waals surface area contributed by atoms with E-state index < -0.39 is 0 Å². The SMILES string of the molecule is COc1ccc(-c2nc(-c3ccccc3)nn2Cc2ccncc2)cc1. The van der Waals surface area contributed by atoms with Gasteiger partial charge in [0.2, 0.25) is 0 Å². The van der Waals surface area contributed by atoms with Crippen LogP contribution in [0.15, 0.2) is 79.1 Å². The van der Waals surface area contributed by atoms with Gasteiger partial charge in [-0.15, -0.1) is 0 Å². The minimum Gasteiger partial charge on any atom is -0.497 e. The van der Waals surface area contributed by atoms with Gasteiger partial charge in [-0.3, -0.25) is 4.98 Å². The van der Waals surface area contributed by atoms with Crippen LogP contribution < -0.4 is 4.74 Å². The van der Waals surface area contributed by atoms with Gasteiger partial charge in [-0.25, -0.2) is 9.67 Å². The van der Waals surface area contributed by atoms with Crippen molar-refractivity contribution >= 4 is 0 Å². The standard InChI is InChI=1S/C21H18N4O/c1-26-19-9-7-18(8-10-19)21-23-20(17-5-3-2-4-6-17)24-25(21)15-16-11-13-22-14-12-16/h2-14H,15H2,1H3. The molecule has 26 heavy (non-hydrogen) atoms. The van der Waals surface area contributed by atoms with Crippen LogP contribution in [0.4, 0.5) is 0 Å². The van der Waals surface area contributed by atoms with Crippen molar-refractivity contribution in [2.24, 2.45) is 0 Å². The van der Waals surface area contributed by atoms with Gasteiger partial charge in [-0.1, -0.05) is 30.3 Å². The molecule has 0 unspecified atom stereocenters. The van der Waals surface area contributed by atoms with Gasteiger partial charge in [-0.05, 0) is 42.0 Å². The molecule has 0 N–H and O–H groups in total. The Morgan fingerprint density at radius 1 is 0.846 bits per heavy atom. The summed E-state index contributed by atoms with van der Waals surface area (Å²) in [5.74, 6) is 2.35. The van der Waals surface area contributed by atoms with E-state index in [9.17, 15) is 0 Å². The van der Waals surface area contributed by atoms with Crippen LogP contribution in [-0.2, 0) is 6.54 Å². The number of hydrogen-bond donors (Lipinski definition) is 0. The lowest BCUT2D eigenvalue weighted by molar-refractivity contribution is 0.415. The highest BCUT2D eigenvalue weighted by Gasteiger charge is 2.14. The average molecular weight is 342 g/mol. The third-order valence-electron chi connectivity index (χ3n) is 4.13. The zero-order valence-corrected chi connectivity index (χ0v) is 14.4. The summed E-state index contributed by atoms with van der Waals surface area (Å²) < 4.78 is 7.19. The molecule has 5 nitrogen and oxygen atoms in total. The van der Waals surface area contributed by atoms with E-state index in [1.54, 1.807) is 19.5 Å². The number of methoxy groups -OCH3 is 1. The van der Waals surface area contributed by atoms with Crippen LogP contribution in [0, 0.1) is 0 Å². The number of aromatic nitrogens is 4. The highest BCUT2D eigenvalue weighted by molar-refractivity contribution is 5.62. The van der Waals surface area contributed by atoms with Crippen LogP contribution in [0.2, 0.25) is 0 Å². The zero-order valence-electron chi connectivity index (χ0n) is 14.4. The molecule has 4 aromatic rings. The summed E-state index contributed by atoms with van der Waals surface area (Å²) in [7, 11) is 1.66. The molecule has 2 aromatic carbocycles. The summed E-state index contributed by atoms with van der Waals surface area (Å²) in [4.78, 5) is 8.88. The van der Waals surface area contributed by atoms with Gasteiger partial charge in [0.1, 0.15) is 5.75 Å². The fourth-order valence-corrected chi connectivity index (χ4v) is 2.78. The van der Waals surface area contributed by atoms with Crippen molar-refractivity contribution in [1.29, 1.82) is 0 Å². The van der Waals surface area contributed by atoms with Crippen LogP contribution >= 0.6 is 0 Å². The third kappa shape index (κ3) is 3.32.